The van der Waals surface area contributed by atoms with E-state index in [1.165, 1.54) is 81.6 Å². The van der Waals surface area contributed by atoms with E-state index in [4.69, 9.17) is 4.98 Å². The van der Waals surface area contributed by atoms with Crippen molar-refractivity contribution in [1.82, 2.24) is 9.55 Å². The number of fused-ring (bicyclic) bond motifs is 11. The van der Waals surface area contributed by atoms with Gasteiger partial charge in [0.2, 0.25) is 0 Å². The van der Waals surface area contributed by atoms with Crippen LogP contribution in [0.2, 0.25) is 0 Å². The van der Waals surface area contributed by atoms with Crippen molar-refractivity contribution in [1.29, 1.82) is 0 Å². The first-order valence-electron chi connectivity index (χ1n) is 20.3. The highest BCUT2D eigenvalue weighted by Crippen LogP contribution is 2.47. The predicted molar refractivity (Wildman–Crippen MR) is 250 cm³/mol. The van der Waals surface area contributed by atoms with Gasteiger partial charge < -0.3 is 4.57 Å². The Kier molecular flexibility index (Phi) is 7.57. The summed E-state index contributed by atoms with van der Waals surface area (Å²) in [5.74, 6) is 0. The molecule has 10 aromatic carbocycles. The molecule has 12 rings (SSSR count). The molecule has 0 unspecified atom stereocenters. The number of rotatable bonds is 5. The van der Waals surface area contributed by atoms with Gasteiger partial charge in [-0.15, -0.1) is 0 Å². The minimum atomic E-state index is 0.952. The number of para-hydroxylation sites is 2. The van der Waals surface area contributed by atoms with Crippen LogP contribution in [0.3, 0.4) is 0 Å². The molecule has 2 nitrogen and oxygen atoms in total. The van der Waals surface area contributed by atoms with Gasteiger partial charge in [-0.05, 0) is 97.0 Å². The van der Waals surface area contributed by atoms with E-state index in [0.29, 0.717) is 0 Å². The Morgan fingerprint density at radius 3 is 1.66 bits per heavy atom. The van der Waals surface area contributed by atoms with Gasteiger partial charge in [0.1, 0.15) is 0 Å². The summed E-state index contributed by atoms with van der Waals surface area (Å²) in [6.45, 7) is 0. The minimum absolute atomic E-state index is 0.952. The summed E-state index contributed by atoms with van der Waals surface area (Å²) < 4.78 is 2.46. The van der Waals surface area contributed by atoms with Crippen LogP contribution in [0.1, 0.15) is 0 Å². The van der Waals surface area contributed by atoms with E-state index in [9.17, 15) is 0 Å². The number of nitrogens with zero attached hydrogens (tertiary/aromatic N) is 2. The lowest BCUT2D eigenvalue weighted by molar-refractivity contribution is 1.19. The van der Waals surface area contributed by atoms with Crippen molar-refractivity contribution < 1.29 is 0 Å². The van der Waals surface area contributed by atoms with Crippen LogP contribution in [0.5, 0.6) is 0 Å². The Balaban J connectivity index is 1.06. The van der Waals surface area contributed by atoms with Crippen LogP contribution in [0.15, 0.2) is 218 Å². The van der Waals surface area contributed by atoms with Crippen molar-refractivity contribution in [3.05, 3.63) is 218 Å². The molecule has 0 radical (unpaired) electrons. The fourth-order valence-corrected chi connectivity index (χ4v) is 9.41. The van der Waals surface area contributed by atoms with Gasteiger partial charge in [0.15, 0.2) is 0 Å². The smallest absolute Gasteiger partial charge is 0.0715 e. The van der Waals surface area contributed by atoms with Gasteiger partial charge in [0, 0.05) is 38.4 Å². The van der Waals surface area contributed by atoms with Crippen LogP contribution in [-0.2, 0) is 0 Å². The van der Waals surface area contributed by atoms with E-state index in [2.05, 4.69) is 223 Å². The van der Waals surface area contributed by atoms with E-state index >= 15 is 0 Å². The van der Waals surface area contributed by atoms with Crippen molar-refractivity contribution in [3.8, 4) is 50.5 Å². The Labute approximate surface area is 341 Å². The SMILES string of the molecule is c1ccc(-c2cc(-c3ccc(-c4cc5c6ccccc6c6c(c7ccccc7n6-c6ccccc6)c5c5ccccc45)cc3)nc(-c3ccc4ccccc4c3)c2)cc1. The third-order valence-electron chi connectivity index (χ3n) is 12.1. The van der Waals surface area contributed by atoms with E-state index in [1.807, 2.05) is 0 Å². The summed E-state index contributed by atoms with van der Waals surface area (Å²) in [5.41, 5.74) is 12.4. The summed E-state index contributed by atoms with van der Waals surface area (Å²) in [5, 5.41) is 12.5. The molecule has 0 saturated heterocycles. The quantitative estimate of drug-likeness (QED) is 0.160. The van der Waals surface area contributed by atoms with E-state index in [-0.39, 0.29) is 0 Å². The third kappa shape index (κ3) is 5.38. The van der Waals surface area contributed by atoms with Crippen molar-refractivity contribution in [2.75, 3.05) is 0 Å². The van der Waals surface area contributed by atoms with Crippen LogP contribution in [0, 0.1) is 0 Å². The molecule has 2 aromatic heterocycles. The molecule has 0 aliphatic carbocycles. The molecule has 0 atom stereocenters. The lowest BCUT2D eigenvalue weighted by Crippen LogP contribution is -1.95. The Morgan fingerprint density at radius 2 is 0.881 bits per heavy atom. The fourth-order valence-electron chi connectivity index (χ4n) is 9.41. The van der Waals surface area contributed by atoms with Crippen molar-refractivity contribution in [2.24, 2.45) is 0 Å². The summed E-state index contributed by atoms with van der Waals surface area (Å²) in [6.07, 6.45) is 0. The van der Waals surface area contributed by atoms with E-state index in [0.717, 1.165) is 33.8 Å². The molecule has 0 bridgehead atoms. The molecular weight excluding hydrogens is 713 g/mol. The summed E-state index contributed by atoms with van der Waals surface area (Å²) in [6, 6.07) is 79.2. The second-order valence-electron chi connectivity index (χ2n) is 15.5. The standard InChI is InChI=1S/C57H36N2/c1-3-15-37(16-4-1)43-34-52(58-53(35-43)42-32-27-38-17-7-8-18-41(38)33-42)40-30-28-39(29-31-40)50-36-51-46-22-10-12-24-48(46)57-56(55(51)47-23-11-9-21-45(47)50)49-25-13-14-26-54(49)59(57)44-19-5-2-6-20-44/h1-36H. The Morgan fingerprint density at radius 1 is 0.305 bits per heavy atom. The van der Waals surface area contributed by atoms with Crippen LogP contribution in [0.25, 0.3) is 115 Å². The number of pyridine rings is 1. The van der Waals surface area contributed by atoms with E-state index < -0.39 is 0 Å². The third-order valence-corrected chi connectivity index (χ3v) is 12.1. The molecule has 2 heterocycles. The lowest BCUT2D eigenvalue weighted by Gasteiger charge is -2.16. The van der Waals surface area contributed by atoms with Crippen LogP contribution in [0.4, 0.5) is 0 Å². The fraction of sp³-hybridized carbons (Fsp3) is 0. The number of hydrogen-bond donors (Lipinski definition) is 0. The highest BCUT2D eigenvalue weighted by molar-refractivity contribution is 6.38. The molecule has 59 heavy (non-hydrogen) atoms. The Hall–Kier alpha value is -7.81. The molecule has 12 aromatic rings. The lowest BCUT2D eigenvalue weighted by atomic mass is 9.88. The second kappa shape index (κ2) is 13.4. The molecule has 2 heteroatoms. The van der Waals surface area contributed by atoms with Gasteiger partial charge in [-0.25, -0.2) is 4.98 Å². The largest absolute Gasteiger partial charge is 0.309 e. The number of aromatic nitrogens is 2. The van der Waals surface area contributed by atoms with Gasteiger partial charge in [-0.3, -0.25) is 0 Å². The second-order valence-corrected chi connectivity index (χ2v) is 15.5. The monoisotopic (exact) mass is 748 g/mol. The molecule has 0 saturated carbocycles. The van der Waals surface area contributed by atoms with Crippen molar-refractivity contribution >= 4 is 64.9 Å². The molecule has 0 N–H and O–H groups in total. The summed E-state index contributed by atoms with van der Waals surface area (Å²) in [7, 11) is 0. The molecule has 0 fully saturated rings. The molecule has 0 spiro atoms. The highest BCUT2D eigenvalue weighted by Gasteiger charge is 2.21. The zero-order valence-electron chi connectivity index (χ0n) is 32.2. The summed E-state index contributed by atoms with van der Waals surface area (Å²) >= 11 is 0. The maximum absolute atomic E-state index is 5.31. The predicted octanol–water partition coefficient (Wildman–Crippen LogP) is 15.5. The topological polar surface area (TPSA) is 17.8 Å². The van der Waals surface area contributed by atoms with Crippen molar-refractivity contribution in [3.63, 3.8) is 0 Å². The molecular formula is C57H36N2. The van der Waals surface area contributed by atoms with Gasteiger partial charge >= 0.3 is 0 Å². The summed E-state index contributed by atoms with van der Waals surface area (Å²) in [4.78, 5) is 5.31. The maximum atomic E-state index is 5.31. The number of hydrogen-bond acceptors (Lipinski definition) is 1. The molecule has 0 amide bonds. The van der Waals surface area contributed by atoms with Crippen LogP contribution < -0.4 is 0 Å². The van der Waals surface area contributed by atoms with Gasteiger partial charge in [0.25, 0.3) is 0 Å². The van der Waals surface area contributed by atoms with Crippen LogP contribution in [-0.4, -0.2) is 9.55 Å². The first kappa shape index (κ1) is 33.3. The maximum Gasteiger partial charge on any atom is 0.0715 e. The molecule has 0 aliphatic heterocycles. The average Bonchev–Trinajstić information content (AvgIpc) is 3.67. The molecule has 0 aliphatic rings. The van der Waals surface area contributed by atoms with Crippen molar-refractivity contribution in [2.45, 2.75) is 0 Å². The first-order valence-corrected chi connectivity index (χ1v) is 20.3. The normalized spacial score (nSPS) is 11.7. The van der Waals surface area contributed by atoms with Gasteiger partial charge in [-0.1, -0.05) is 176 Å². The zero-order valence-corrected chi connectivity index (χ0v) is 32.2. The minimum Gasteiger partial charge on any atom is -0.309 e. The Bertz CT molecular complexity index is 3580. The van der Waals surface area contributed by atoms with Gasteiger partial charge in [-0.2, -0.15) is 0 Å². The van der Waals surface area contributed by atoms with Gasteiger partial charge in [0.05, 0.1) is 22.4 Å². The zero-order chi connectivity index (χ0) is 38.9. The average molecular weight is 749 g/mol. The number of benzene rings is 10. The van der Waals surface area contributed by atoms with Crippen LogP contribution >= 0.6 is 0 Å². The first-order chi connectivity index (χ1) is 29.3. The van der Waals surface area contributed by atoms with E-state index in [1.54, 1.807) is 0 Å². The molecule has 274 valence electrons. The highest BCUT2D eigenvalue weighted by atomic mass is 15.0.